The van der Waals surface area contributed by atoms with Gasteiger partial charge < -0.3 is 31.4 Å². The number of carboxylic acid groups (broad SMARTS) is 1. The number of carbonyl (C=O) groups is 4. The van der Waals surface area contributed by atoms with E-state index >= 15 is 0 Å². The molecule has 1 saturated heterocycles. The van der Waals surface area contributed by atoms with Crippen molar-refractivity contribution in [1.29, 1.82) is 0 Å². The van der Waals surface area contributed by atoms with Crippen molar-refractivity contribution in [2.45, 2.75) is 70.1 Å². The highest BCUT2D eigenvalue weighted by molar-refractivity contribution is 7.98. The topological polar surface area (TPSA) is 171 Å². The van der Waals surface area contributed by atoms with Crippen LogP contribution in [0.25, 0.3) is 0 Å². The number of nitrogens with two attached hydrogens (primary N) is 1. The first-order chi connectivity index (χ1) is 16.1. The van der Waals surface area contributed by atoms with Gasteiger partial charge in [0.2, 0.25) is 17.7 Å². The van der Waals surface area contributed by atoms with Crippen LogP contribution in [0, 0.1) is 5.92 Å². The van der Waals surface area contributed by atoms with Crippen LogP contribution in [0.1, 0.15) is 45.2 Å². The lowest BCUT2D eigenvalue weighted by atomic mass is 10.0. The molecule has 3 amide bonds. The lowest BCUT2D eigenvalue weighted by molar-refractivity contribution is -0.143. The molecule has 2 heterocycles. The van der Waals surface area contributed by atoms with E-state index in [1.165, 1.54) is 23.0 Å². The smallest absolute Gasteiger partial charge is 0.326 e. The fraction of sp³-hybridized carbons (Fsp3) is 0.682. The Kier molecular flexibility index (Phi) is 10.8. The number of likely N-dealkylation sites (tertiary alicyclic amines) is 1. The number of H-pyrrole nitrogens is 1. The number of aromatic nitrogens is 2. The van der Waals surface area contributed by atoms with E-state index in [9.17, 15) is 24.3 Å². The number of hydrogen-bond acceptors (Lipinski definition) is 7. The minimum Gasteiger partial charge on any atom is -0.480 e. The molecule has 1 aliphatic rings. The third-order valence-corrected chi connectivity index (χ3v) is 6.36. The molecule has 0 saturated carbocycles. The molecule has 0 aromatic carbocycles. The average Bonchev–Trinajstić information content (AvgIpc) is 3.47. The molecule has 6 N–H and O–H groups in total. The molecule has 34 heavy (non-hydrogen) atoms. The van der Waals surface area contributed by atoms with Crippen LogP contribution in [0.2, 0.25) is 0 Å². The quantitative estimate of drug-likeness (QED) is 0.256. The Labute approximate surface area is 204 Å². The van der Waals surface area contributed by atoms with Gasteiger partial charge in [0.25, 0.3) is 0 Å². The Morgan fingerprint density at radius 2 is 2.03 bits per heavy atom. The second-order valence-electron chi connectivity index (χ2n) is 8.95. The molecule has 2 rings (SSSR count). The molecule has 4 unspecified atom stereocenters. The Balaban J connectivity index is 2.05. The van der Waals surface area contributed by atoms with Gasteiger partial charge in [-0.3, -0.25) is 14.4 Å². The third kappa shape index (κ3) is 8.01. The molecule has 1 aliphatic heterocycles. The summed E-state index contributed by atoms with van der Waals surface area (Å²) < 4.78 is 0. The number of thioether (sulfide) groups is 1. The number of imidazole rings is 1. The molecule has 4 atom stereocenters. The van der Waals surface area contributed by atoms with E-state index in [1.807, 2.05) is 20.1 Å². The summed E-state index contributed by atoms with van der Waals surface area (Å²) >= 11 is 1.49. The largest absolute Gasteiger partial charge is 0.480 e. The van der Waals surface area contributed by atoms with Crippen LogP contribution in [0.3, 0.4) is 0 Å². The van der Waals surface area contributed by atoms with Crippen molar-refractivity contribution in [3.63, 3.8) is 0 Å². The molecule has 0 radical (unpaired) electrons. The molecule has 0 bridgehead atoms. The van der Waals surface area contributed by atoms with Gasteiger partial charge >= 0.3 is 5.97 Å². The molecular weight excluding hydrogens is 460 g/mol. The lowest BCUT2D eigenvalue weighted by Gasteiger charge is -2.29. The van der Waals surface area contributed by atoms with Crippen molar-refractivity contribution in [2.75, 3.05) is 18.6 Å². The first-order valence-corrected chi connectivity index (χ1v) is 12.9. The summed E-state index contributed by atoms with van der Waals surface area (Å²) in [6.07, 6.45) is 6.98. The second kappa shape index (κ2) is 13.3. The van der Waals surface area contributed by atoms with Gasteiger partial charge in [0.15, 0.2) is 0 Å². The van der Waals surface area contributed by atoms with Gasteiger partial charge in [0, 0.05) is 24.9 Å². The van der Waals surface area contributed by atoms with Gasteiger partial charge in [-0.05, 0) is 43.6 Å². The van der Waals surface area contributed by atoms with Gasteiger partial charge in [-0.2, -0.15) is 11.8 Å². The molecule has 190 valence electrons. The summed E-state index contributed by atoms with van der Waals surface area (Å²) in [5, 5.41) is 14.7. The summed E-state index contributed by atoms with van der Waals surface area (Å²) in [6.45, 7) is 4.23. The zero-order valence-electron chi connectivity index (χ0n) is 20.0. The van der Waals surface area contributed by atoms with Crippen molar-refractivity contribution in [3.8, 4) is 0 Å². The summed E-state index contributed by atoms with van der Waals surface area (Å²) in [4.78, 5) is 58.8. The van der Waals surface area contributed by atoms with Crippen LogP contribution in [-0.4, -0.2) is 86.4 Å². The number of aromatic amines is 1. The Morgan fingerprint density at radius 1 is 1.29 bits per heavy atom. The van der Waals surface area contributed by atoms with Crippen molar-refractivity contribution >= 4 is 35.5 Å². The number of amides is 3. The monoisotopic (exact) mass is 496 g/mol. The fourth-order valence-corrected chi connectivity index (χ4v) is 4.44. The number of carboxylic acids is 1. The fourth-order valence-electron chi connectivity index (χ4n) is 3.97. The highest BCUT2D eigenvalue weighted by Gasteiger charge is 2.38. The predicted octanol–water partition coefficient (Wildman–Crippen LogP) is 0.124. The van der Waals surface area contributed by atoms with Gasteiger partial charge in [-0.15, -0.1) is 0 Å². The molecule has 1 aromatic heterocycles. The molecule has 11 nitrogen and oxygen atoms in total. The van der Waals surface area contributed by atoms with Crippen LogP contribution in [0.5, 0.6) is 0 Å². The SMILES string of the molecule is CSCCC(NC(=O)C(CC(C)C)NC(=O)C1CCCN1C(=O)C(N)Cc1cnc[nH]1)C(=O)O. The van der Waals surface area contributed by atoms with Crippen molar-refractivity contribution in [3.05, 3.63) is 18.2 Å². The van der Waals surface area contributed by atoms with E-state index in [-0.39, 0.29) is 24.7 Å². The predicted molar refractivity (Wildman–Crippen MR) is 129 cm³/mol. The van der Waals surface area contributed by atoms with Crippen LogP contribution < -0.4 is 16.4 Å². The van der Waals surface area contributed by atoms with Gasteiger partial charge in [-0.25, -0.2) is 9.78 Å². The van der Waals surface area contributed by atoms with Gasteiger partial charge in [0.05, 0.1) is 12.4 Å². The Hall–Kier alpha value is -2.60. The Bertz CT molecular complexity index is 834. The summed E-state index contributed by atoms with van der Waals surface area (Å²) in [7, 11) is 0. The molecule has 1 fully saturated rings. The van der Waals surface area contributed by atoms with Crippen molar-refractivity contribution < 1.29 is 24.3 Å². The molecule has 1 aromatic rings. The molecule has 0 aliphatic carbocycles. The summed E-state index contributed by atoms with van der Waals surface area (Å²) in [6, 6.07) is -3.48. The van der Waals surface area contributed by atoms with Crippen LogP contribution in [0.15, 0.2) is 12.5 Å². The first-order valence-electron chi connectivity index (χ1n) is 11.5. The zero-order valence-corrected chi connectivity index (χ0v) is 20.8. The van der Waals surface area contributed by atoms with Crippen molar-refractivity contribution in [2.24, 2.45) is 11.7 Å². The average molecular weight is 497 g/mol. The van der Waals surface area contributed by atoms with E-state index in [1.54, 1.807) is 6.20 Å². The number of rotatable bonds is 13. The Morgan fingerprint density at radius 3 is 2.62 bits per heavy atom. The summed E-state index contributed by atoms with van der Waals surface area (Å²) in [5.41, 5.74) is 6.82. The standard InChI is InChI=1S/C22H36N6O5S/c1-13(2)9-17(19(29)26-16(22(32)33)6-8-34-3)27-20(30)18-5-4-7-28(18)21(31)15(23)10-14-11-24-12-25-14/h11-13,15-18H,4-10,23H2,1-3H3,(H,24,25)(H,26,29)(H,27,30)(H,32,33). The van der Waals surface area contributed by atoms with E-state index in [2.05, 4.69) is 20.6 Å². The highest BCUT2D eigenvalue weighted by atomic mass is 32.2. The first kappa shape index (κ1) is 27.6. The number of nitrogens with zero attached hydrogens (tertiary/aromatic N) is 2. The van der Waals surface area contributed by atoms with Crippen LogP contribution in [-0.2, 0) is 25.6 Å². The molecule has 12 heteroatoms. The molecular formula is C22H36N6O5S. The van der Waals surface area contributed by atoms with Gasteiger partial charge in [0.1, 0.15) is 18.1 Å². The molecule has 0 spiro atoms. The maximum Gasteiger partial charge on any atom is 0.326 e. The number of carbonyl (C=O) groups excluding carboxylic acids is 3. The van der Waals surface area contributed by atoms with Crippen LogP contribution in [0.4, 0.5) is 0 Å². The van der Waals surface area contributed by atoms with E-state index in [0.29, 0.717) is 31.6 Å². The summed E-state index contributed by atoms with van der Waals surface area (Å²) in [5.74, 6) is -1.76. The lowest BCUT2D eigenvalue weighted by Crippen LogP contribution is -2.57. The third-order valence-electron chi connectivity index (χ3n) is 5.72. The minimum absolute atomic E-state index is 0.0784. The number of hydrogen-bond donors (Lipinski definition) is 5. The maximum atomic E-state index is 13.1. The zero-order chi connectivity index (χ0) is 25.3. The van der Waals surface area contributed by atoms with Gasteiger partial charge in [-0.1, -0.05) is 13.8 Å². The van der Waals surface area contributed by atoms with E-state index in [4.69, 9.17) is 5.73 Å². The number of aliphatic carboxylic acids is 1. The second-order valence-corrected chi connectivity index (χ2v) is 9.93. The number of nitrogens with one attached hydrogen (secondary N) is 3. The van der Waals surface area contributed by atoms with Crippen LogP contribution >= 0.6 is 11.8 Å². The van der Waals surface area contributed by atoms with E-state index < -0.39 is 42.0 Å². The normalized spacial score (nSPS) is 18.4. The van der Waals surface area contributed by atoms with Crippen molar-refractivity contribution in [1.82, 2.24) is 25.5 Å². The minimum atomic E-state index is -1.11. The highest BCUT2D eigenvalue weighted by Crippen LogP contribution is 2.20. The maximum absolute atomic E-state index is 13.1. The van der Waals surface area contributed by atoms with E-state index in [0.717, 1.165) is 5.69 Å².